The standard InChI is InChI=1S/C9H9N2O/c1-12-6-9-7-4-2-3-5-8(7)10-11-9/h2,4-5H,6H2,1H3,(H,10,11). The van der Waals surface area contributed by atoms with E-state index in [1.807, 2.05) is 18.2 Å². The van der Waals surface area contributed by atoms with Crippen molar-refractivity contribution in [3.05, 3.63) is 30.0 Å². The van der Waals surface area contributed by atoms with Gasteiger partial charge < -0.3 is 4.74 Å². The monoisotopic (exact) mass is 161 g/mol. The van der Waals surface area contributed by atoms with Gasteiger partial charge in [-0.05, 0) is 12.1 Å². The van der Waals surface area contributed by atoms with E-state index in [9.17, 15) is 0 Å². The van der Waals surface area contributed by atoms with Crippen LogP contribution in [0.1, 0.15) is 5.69 Å². The molecule has 2 rings (SSSR count). The quantitative estimate of drug-likeness (QED) is 0.725. The minimum absolute atomic E-state index is 0.546. The smallest absolute Gasteiger partial charge is 0.0957 e. The van der Waals surface area contributed by atoms with Gasteiger partial charge in [0.15, 0.2) is 0 Å². The van der Waals surface area contributed by atoms with Crippen molar-refractivity contribution in [1.82, 2.24) is 10.2 Å². The minimum atomic E-state index is 0.546. The van der Waals surface area contributed by atoms with Crippen molar-refractivity contribution >= 4 is 10.9 Å². The van der Waals surface area contributed by atoms with Crippen molar-refractivity contribution in [2.24, 2.45) is 0 Å². The highest BCUT2D eigenvalue weighted by atomic mass is 16.5. The fraction of sp³-hybridized carbons (Fsp3) is 0.222. The Morgan fingerprint density at radius 1 is 1.67 bits per heavy atom. The average molecular weight is 161 g/mol. The normalized spacial score (nSPS) is 10.8. The maximum absolute atomic E-state index is 5.00. The van der Waals surface area contributed by atoms with Crippen LogP contribution in [-0.4, -0.2) is 17.3 Å². The number of rotatable bonds is 2. The van der Waals surface area contributed by atoms with E-state index in [-0.39, 0.29) is 0 Å². The summed E-state index contributed by atoms with van der Waals surface area (Å²) in [5.74, 6) is 0. The molecule has 1 N–H and O–H groups in total. The molecule has 2 aromatic rings. The predicted molar refractivity (Wildman–Crippen MR) is 45.6 cm³/mol. The summed E-state index contributed by atoms with van der Waals surface area (Å²) in [4.78, 5) is 0. The van der Waals surface area contributed by atoms with Crippen LogP contribution in [0.5, 0.6) is 0 Å². The number of methoxy groups -OCH3 is 1. The summed E-state index contributed by atoms with van der Waals surface area (Å²) in [5.41, 5.74) is 1.95. The number of hydrogen-bond acceptors (Lipinski definition) is 2. The number of benzene rings is 1. The van der Waals surface area contributed by atoms with Gasteiger partial charge in [-0.1, -0.05) is 12.1 Å². The molecule has 61 valence electrons. The van der Waals surface area contributed by atoms with Gasteiger partial charge in [0.2, 0.25) is 0 Å². The molecular formula is C9H9N2O. The fourth-order valence-electron chi connectivity index (χ4n) is 1.21. The third-order valence-electron chi connectivity index (χ3n) is 1.77. The summed E-state index contributed by atoms with van der Waals surface area (Å²) in [5, 5.41) is 8.13. The van der Waals surface area contributed by atoms with Gasteiger partial charge in [0, 0.05) is 12.5 Å². The van der Waals surface area contributed by atoms with Crippen molar-refractivity contribution in [2.75, 3.05) is 7.11 Å². The molecule has 0 bridgehead atoms. The second kappa shape index (κ2) is 2.95. The molecule has 12 heavy (non-hydrogen) atoms. The first kappa shape index (κ1) is 7.31. The third-order valence-corrected chi connectivity index (χ3v) is 1.77. The van der Waals surface area contributed by atoms with Gasteiger partial charge in [-0.2, -0.15) is 5.10 Å². The highest BCUT2D eigenvalue weighted by Crippen LogP contribution is 2.14. The average Bonchev–Trinajstić information content (AvgIpc) is 2.50. The van der Waals surface area contributed by atoms with Gasteiger partial charge in [0.25, 0.3) is 0 Å². The van der Waals surface area contributed by atoms with Gasteiger partial charge in [0.1, 0.15) is 0 Å². The van der Waals surface area contributed by atoms with Crippen molar-refractivity contribution in [3.8, 4) is 0 Å². The molecule has 0 atom stereocenters. The molecule has 0 amide bonds. The maximum atomic E-state index is 5.00. The number of fused-ring (bicyclic) bond motifs is 1. The summed E-state index contributed by atoms with van der Waals surface area (Å²) in [6, 6.07) is 8.71. The van der Waals surface area contributed by atoms with Gasteiger partial charge >= 0.3 is 0 Å². The molecule has 1 aromatic heterocycles. The number of aromatic nitrogens is 2. The Bertz CT molecular complexity index is 381. The molecule has 0 saturated carbocycles. The molecule has 0 aliphatic heterocycles. The maximum Gasteiger partial charge on any atom is 0.0957 e. The lowest BCUT2D eigenvalue weighted by Gasteiger charge is -1.92. The lowest BCUT2D eigenvalue weighted by Crippen LogP contribution is -1.87. The van der Waals surface area contributed by atoms with Crippen LogP contribution >= 0.6 is 0 Å². The Labute approximate surface area is 70.4 Å². The Kier molecular flexibility index (Phi) is 1.80. The fourth-order valence-corrected chi connectivity index (χ4v) is 1.21. The van der Waals surface area contributed by atoms with E-state index < -0.39 is 0 Å². The van der Waals surface area contributed by atoms with Crippen molar-refractivity contribution in [3.63, 3.8) is 0 Å². The first-order chi connectivity index (χ1) is 5.92. The Hall–Kier alpha value is -1.35. The molecular weight excluding hydrogens is 152 g/mol. The lowest BCUT2D eigenvalue weighted by molar-refractivity contribution is 0.182. The van der Waals surface area contributed by atoms with Crippen LogP contribution in [0.2, 0.25) is 0 Å². The van der Waals surface area contributed by atoms with Crippen LogP contribution in [0.3, 0.4) is 0 Å². The van der Waals surface area contributed by atoms with Crippen molar-refractivity contribution in [2.45, 2.75) is 6.61 Å². The van der Waals surface area contributed by atoms with Crippen LogP contribution in [0, 0.1) is 6.07 Å². The zero-order chi connectivity index (χ0) is 8.39. The molecule has 3 heteroatoms. The molecule has 1 radical (unpaired) electrons. The summed E-state index contributed by atoms with van der Waals surface area (Å²) in [6.07, 6.45) is 0. The lowest BCUT2D eigenvalue weighted by atomic mass is 10.2. The Balaban J connectivity index is 2.55. The zero-order valence-electron chi connectivity index (χ0n) is 6.79. The summed E-state index contributed by atoms with van der Waals surface area (Å²) >= 11 is 0. The number of aromatic amines is 1. The summed E-state index contributed by atoms with van der Waals surface area (Å²) in [6.45, 7) is 0.546. The highest BCUT2D eigenvalue weighted by Gasteiger charge is 2.02. The summed E-state index contributed by atoms with van der Waals surface area (Å²) in [7, 11) is 1.66. The van der Waals surface area contributed by atoms with Crippen LogP contribution < -0.4 is 0 Å². The van der Waals surface area contributed by atoms with Crippen molar-refractivity contribution < 1.29 is 4.74 Å². The van der Waals surface area contributed by atoms with Crippen molar-refractivity contribution in [1.29, 1.82) is 0 Å². The number of hydrogen-bond donors (Lipinski definition) is 1. The first-order valence-corrected chi connectivity index (χ1v) is 3.74. The van der Waals surface area contributed by atoms with Gasteiger partial charge in [0.05, 0.1) is 17.8 Å². The second-order valence-electron chi connectivity index (χ2n) is 2.58. The van der Waals surface area contributed by atoms with E-state index in [4.69, 9.17) is 4.74 Å². The number of H-pyrrole nitrogens is 1. The first-order valence-electron chi connectivity index (χ1n) is 3.74. The molecule has 0 unspecified atom stereocenters. The molecule has 0 aliphatic rings. The number of nitrogens with one attached hydrogen (secondary N) is 1. The van der Waals surface area contributed by atoms with Crippen LogP contribution in [0.15, 0.2) is 18.2 Å². The summed E-state index contributed by atoms with van der Waals surface area (Å²) < 4.78 is 5.00. The van der Waals surface area contributed by atoms with Gasteiger partial charge in [-0.3, -0.25) is 5.10 Å². The molecule has 0 fully saturated rings. The molecule has 1 heterocycles. The number of nitrogens with zero attached hydrogens (tertiary/aromatic N) is 1. The Morgan fingerprint density at radius 2 is 2.58 bits per heavy atom. The SMILES string of the molecule is COCc1n[nH]c2c[c]ccc12. The largest absolute Gasteiger partial charge is 0.378 e. The zero-order valence-corrected chi connectivity index (χ0v) is 6.79. The van der Waals surface area contributed by atoms with E-state index in [1.54, 1.807) is 7.11 Å². The third kappa shape index (κ3) is 1.08. The van der Waals surface area contributed by atoms with Gasteiger partial charge in [-0.15, -0.1) is 0 Å². The molecule has 0 spiro atoms. The number of ether oxygens (including phenoxy) is 1. The molecule has 0 aliphatic carbocycles. The second-order valence-corrected chi connectivity index (χ2v) is 2.58. The van der Waals surface area contributed by atoms with E-state index >= 15 is 0 Å². The topological polar surface area (TPSA) is 37.9 Å². The molecule has 3 nitrogen and oxygen atoms in total. The van der Waals surface area contributed by atoms with E-state index in [0.717, 1.165) is 16.6 Å². The minimum Gasteiger partial charge on any atom is -0.378 e. The van der Waals surface area contributed by atoms with Gasteiger partial charge in [-0.25, -0.2) is 0 Å². The highest BCUT2D eigenvalue weighted by molar-refractivity contribution is 5.80. The van der Waals surface area contributed by atoms with Crippen LogP contribution in [-0.2, 0) is 11.3 Å². The Morgan fingerprint density at radius 3 is 3.42 bits per heavy atom. The van der Waals surface area contributed by atoms with Crippen LogP contribution in [0.4, 0.5) is 0 Å². The van der Waals surface area contributed by atoms with Crippen LogP contribution in [0.25, 0.3) is 10.9 Å². The van der Waals surface area contributed by atoms with E-state index in [1.165, 1.54) is 0 Å². The van der Waals surface area contributed by atoms with E-state index in [2.05, 4.69) is 16.3 Å². The predicted octanol–water partition coefficient (Wildman–Crippen LogP) is 1.51. The molecule has 1 aromatic carbocycles. The van der Waals surface area contributed by atoms with E-state index in [0.29, 0.717) is 6.61 Å². The molecule has 0 saturated heterocycles.